The minimum Gasteiger partial charge on any atom is -0.477 e. The Labute approximate surface area is 346 Å². The molecule has 0 radical (unpaired) electrons. The lowest BCUT2D eigenvalue weighted by molar-refractivity contribution is -0.298. The first kappa shape index (κ1) is 51.9. The SMILES string of the molecule is NOCC(=O)CCCOCCOCCOCCC(=O)NCC(=O)CC1C(O)CC(OP(=O)(O)OC[C@H]2O[C@@H](n3ccc(N)nc3=O)C(O)[C@H]2O)(C(=O)O)OC1[C@H](O)[C@H](O)CO. The molecule has 1 aromatic rings. The zero-order valence-electron chi connectivity index (χ0n) is 32.7. The number of carboxylic acids is 1. The predicted molar refractivity (Wildman–Crippen MR) is 198 cm³/mol. The van der Waals surface area contributed by atoms with Crippen molar-refractivity contribution in [2.24, 2.45) is 11.8 Å². The van der Waals surface area contributed by atoms with Crippen LogP contribution in [0.15, 0.2) is 17.1 Å². The van der Waals surface area contributed by atoms with Crippen LogP contribution in [0, 0.1) is 5.92 Å². The van der Waals surface area contributed by atoms with E-state index in [4.69, 9.17) is 44.4 Å². The third-order valence-electron chi connectivity index (χ3n) is 9.24. The Morgan fingerprint density at radius 3 is 2.30 bits per heavy atom. The number of aromatic nitrogens is 2. The number of ether oxygens (including phenoxy) is 5. The van der Waals surface area contributed by atoms with Gasteiger partial charge in [0.1, 0.15) is 42.9 Å². The number of aliphatic hydroxyl groups excluding tert-OH is 6. The van der Waals surface area contributed by atoms with E-state index in [9.17, 15) is 69.2 Å². The summed E-state index contributed by atoms with van der Waals surface area (Å²) in [5, 5.41) is 74.9. The van der Waals surface area contributed by atoms with E-state index >= 15 is 0 Å². The lowest BCUT2D eigenvalue weighted by Gasteiger charge is -2.46. The van der Waals surface area contributed by atoms with Crippen molar-refractivity contribution >= 4 is 37.1 Å². The first-order chi connectivity index (χ1) is 28.8. The number of rotatable bonds is 29. The molecule has 1 amide bonds. The Morgan fingerprint density at radius 2 is 1.67 bits per heavy atom. The lowest BCUT2D eigenvalue weighted by Crippen LogP contribution is -2.62. The maximum atomic E-state index is 13.1. The van der Waals surface area contributed by atoms with E-state index in [0.29, 0.717) is 13.0 Å². The van der Waals surface area contributed by atoms with Gasteiger partial charge in [0.2, 0.25) is 5.91 Å². The van der Waals surface area contributed by atoms with Gasteiger partial charge in [-0.1, -0.05) is 0 Å². The molecule has 61 heavy (non-hydrogen) atoms. The van der Waals surface area contributed by atoms with E-state index < -0.39 is 124 Å². The number of phosphoric ester groups is 1. The van der Waals surface area contributed by atoms with Crippen molar-refractivity contribution in [3.8, 4) is 0 Å². The molecular weight excluding hydrogens is 849 g/mol. The van der Waals surface area contributed by atoms with Crippen LogP contribution in [0.1, 0.15) is 38.3 Å². The molecular formula is C33H54N5O22P. The largest absolute Gasteiger partial charge is 0.477 e. The Hall–Kier alpha value is -3.45. The third-order valence-corrected chi connectivity index (χ3v) is 10.2. The summed E-state index contributed by atoms with van der Waals surface area (Å²) >= 11 is 0. The number of hydrogen-bond acceptors (Lipinski definition) is 23. The number of aliphatic carboxylic acids is 1. The fourth-order valence-corrected chi connectivity index (χ4v) is 7.06. The number of hydrogen-bond donors (Lipinski definition) is 11. The van der Waals surface area contributed by atoms with Gasteiger partial charge in [0.15, 0.2) is 17.8 Å². The topological polar surface area (TPSA) is 420 Å². The molecule has 11 atom stereocenters. The zero-order chi connectivity index (χ0) is 45.3. The predicted octanol–water partition coefficient (Wildman–Crippen LogP) is -5.41. The number of carbonyl (C=O) groups is 4. The summed E-state index contributed by atoms with van der Waals surface area (Å²) in [6, 6.07) is 1.19. The summed E-state index contributed by atoms with van der Waals surface area (Å²) in [6.07, 6.45) is -15.3. The molecule has 2 aliphatic heterocycles. The Bertz CT molecular complexity index is 1690. The minimum atomic E-state index is -5.63. The van der Waals surface area contributed by atoms with E-state index in [-0.39, 0.29) is 64.1 Å². The number of nitrogens with two attached hydrogens (primary N) is 2. The number of anilines is 1. The number of nitrogens with one attached hydrogen (secondary N) is 1. The molecule has 2 aliphatic rings. The van der Waals surface area contributed by atoms with Gasteiger partial charge in [0, 0.05) is 44.4 Å². The summed E-state index contributed by atoms with van der Waals surface area (Å²) in [5.41, 5.74) is 4.48. The molecule has 0 bridgehead atoms. The highest BCUT2D eigenvalue weighted by atomic mass is 31.2. The third kappa shape index (κ3) is 16.0. The standard InChI is InChI=1S/C33H54N5O22P/c34-24-3-5-38(32(50)37-24)30-28(47)27(46)23(58-30)17-57-61(51,52)60-33(31(48)49)13-21(42)20(29(59-33)26(45)22(43)15-39)12-19(41)14-36-25(44)4-7-54-9-11-55-10-8-53-6-1-2-18(40)16-56-35/h3,5,20-23,26-30,39,42-43,45-47H,1-2,4,6-17,35H2,(H,36,44)(H,48,49)(H,51,52)(H2,34,37,50)/t20?,21?,22-,23-,26-,27+,28?,29?,30-,33?/m1/s1. The molecule has 0 aliphatic carbocycles. The number of nitrogen functional groups attached to an aromatic ring is 1. The average molecular weight is 904 g/mol. The molecule has 28 heteroatoms. The fraction of sp³-hybridized carbons (Fsp3) is 0.758. The maximum absolute atomic E-state index is 13.1. The number of ketones is 2. The van der Waals surface area contributed by atoms with Gasteiger partial charge in [-0.2, -0.15) is 4.98 Å². The van der Waals surface area contributed by atoms with Crippen LogP contribution in [-0.2, 0) is 61.3 Å². The molecule has 27 nitrogen and oxygen atoms in total. The smallest absolute Gasteiger partial charge is 0.475 e. The second-order valence-corrected chi connectivity index (χ2v) is 15.2. The molecule has 1 aromatic heterocycles. The van der Waals surface area contributed by atoms with Crippen LogP contribution >= 0.6 is 7.82 Å². The second kappa shape index (κ2) is 25.0. The molecule has 3 rings (SSSR count). The quantitative estimate of drug-likeness (QED) is 0.0203. The van der Waals surface area contributed by atoms with E-state index in [1.807, 2.05) is 0 Å². The summed E-state index contributed by atoms with van der Waals surface area (Å²) in [7, 11) is -5.63. The van der Waals surface area contributed by atoms with Crippen LogP contribution in [0.25, 0.3) is 0 Å². The number of aliphatic hydroxyl groups is 6. The van der Waals surface area contributed by atoms with E-state index in [1.54, 1.807) is 0 Å². The van der Waals surface area contributed by atoms with Gasteiger partial charge in [-0.05, 0) is 12.5 Å². The van der Waals surface area contributed by atoms with Crippen molar-refractivity contribution in [2.45, 2.75) is 86.8 Å². The summed E-state index contributed by atoms with van der Waals surface area (Å²) in [5.74, 6) is -3.84. The summed E-state index contributed by atoms with van der Waals surface area (Å²) in [4.78, 5) is 79.6. The van der Waals surface area contributed by atoms with Crippen LogP contribution in [0.4, 0.5) is 5.82 Å². The molecule has 3 heterocycles. The molecule has 0 saturated carbocycles. The zero-order valence-corrected chi connectivity index (χ0v) is 33.6. The van der Waals surface area contributed by atoms with E-state index in [2.05, 4.69) is 15.1 Å². The molecule has 2 fully saturated rings. The molecule has 0 aromatic carbocycles. The van der Waals surface area contributed by atoms with Gasteiger partial charge < -0.3 is 75.4 Å². The Kier molecular flexibility index (Phi) is 21.3. The second-order valence-electron chi connectivity index (χ2n) is 13.8. The number of phosphoric acid groups is 1. The Balaban J connectivity index is 1.50. The summed E-state index contributed by atoms with van der Waals surface area (Å²) < 4.78 is 50.4. The Morgan fingerprint density at radius 1 is 1.02 bits per heavy atom. The number of nitrogens with zero attached hydrogens (tertiary/aromatic N) is 2. The van der Waals surface area contributed by atoms with Crippen molar-refractivity contribution in [1.82, 2.24) is 14.9 Å². The van der Waals surface area contributed by atoms with Crippen molar-refractivity contribution in [3.63, 3.8) is 0 Å². The molecule has 2 saturated heterocycles. The molecule has 6 unspecified atom stereocenters. The van der Waals surface area contributed by atoms with Gasteiger partial charge in [-0.25, -0.2) is 24.6 Å². The number of Topliss-reactive ketones (excluding diaryl/α,β-unsaturated/α-hetero) is 2. The normalized spacial score (nSPS) is 27.2. The van der Waals surface area contributed by atoms with Gasteiger partial charge in [-0.3, -0.25) is 28.3 Å². The summed E-state index contributed by atoms with van der Waals surface area (Å²) in [6.45, 7) is -1.77. The van der Waals surface area contributed by atoms with Crippen LogP contribution in [0.5, 0.6) is 0 Å². The average Bonchev–Trinajstić information content (AvgIpc) is 3.48. The molecule has 0 spiro atoms. The van der Waals surface area contributed by atoms with Crippen molar-refractivity contribution < 1.29 is 102 Å². The van der Waals surface area contributed by atoms with E-state index in [1.165, 1.54) is 6.07 Å². The van der Waals surface area contributed by atoms with Crippen molar-refractivity contribution in [1.29, 1.82) is 0 Å². The number of carboxylic acid groups (broad SMARTS) is 1. The van der Waals surface area contributed by atoms with Crippen LogP contribution in [-0.4, -0.2) is 188 Å². The van der Waals surface area contributed by atoms with Gasteiger partial charge in [-0.15, -0.1) is 0 Å². The first-order valence-corrected chi connectivity index (χ1v) is 20.3. The highest BCUT2D eigenvalue weighted by Gasteiger charge is 2.59. The lowest BCUT2D eigenvalue weighted by atomic mass is 9.80. The molecule has 13 N–H and O–H groups in total. The van der Waals surface area contributed by atoms with Crippen LogP contribution < -0.4 is 22.6 Å². The van der Waals surface area contributed by atoms with Gasteiger partial charge >= 0.3 is 19.5 Å². The van der Waals surface area contributed by atoms with Crippen molar-refractivity contribution in [2.75, 3.05) is 71.7 Å². The van der Waals surface area contributed by atoms with Crippen molar-refractivity contribution in [3.05, 3.63) is 22.7 Å². The van der Waals surface area contributed by atoms with Gasteiger partial charge in [0.25, 0.3) is 5.79 Å². The number of amides is 1. The first-order valence-electron chi connectivity index (χ1n) is 18.8. The fourth-order valence-electron chi connectivity index (χ4n) is 6.10. The minimum absolute atomic E-state index is 0.0436. The molecule has 348 valence electrons. The van der Waals surface area contributed by atoms with Crippen LogP contribution in [0.2, 0.25) is 0 Å². The van der Waals surface area contributed by atoms with E-state index in [0.717, 1.165) is 10.8 Å². The highest BCUT2D eigenvalue weighted by molar-refractivity contribution is 7.47. The number of carbonyl (C=O) groups excluding carboxylic acids is 3. The maximum Gasteiger partial charge on any atom is 0.475 e. The highest BCUT2D eigenvalue weighted by Crippen LogP contribution is 2.52. The monoisotopic (exact) mass is 903 g/mol. The van der Waals surface area contributed by atoms with Crippen LogP contribution in [0.3, 0.4) is 0 Å². The van der Waals surface area contributed by atoms with Gasteiger partial charge in [0.05, 0.1) is 65.0 Å².